The molecule has 0 aliphatic carbocycles. The number of ether oxygens (including phenoxy) is 1. The second kappa shape index (κ2) is 4.06. The van der Waals surface area contributed by atoms with E-state index in [-0.39, 0.29) is 5.69 Å². The Morgan fingerprint density at radius 2 is 2.21 bits per heavy atom. The summed E-state index contributed by atoms with van der Waals surface area (Å²) < 4.78 is 4.96. The summed E-state index contributed by atoms with van der Waals surface area (Å²) >= 11 is 0. The van der Waals surface area contributed by atoms with Gasteiger partial charge in [-0.1, -0.05) is 0 Å². The highest BCUT2D eigenvalue weighted by molar-refractivity contribution is 5.44. The zero-order valence-corrected chi connectivity index (χ0v) is 7.93. The van der Waals surface area contributed by atoms with Gasteiger partial charge in [-0.3, -0.25) is 10.1 Å². The molecule has 0 fully saturated rings. The van der Waals surface area contributed by atoms with Crippen LogP contribution in [0.25, 0.3) is 0 Å². The molecule has 0 aromatic heterocycles. The third kappa shape index (κ3) is 2.00. The molecule has 1 N–H and O–H groups in total. The zero-order chi connectivity index (χ0) is 10.7. The summed E-state index contributed by atoms with van der Waals surface area (Å²) in [5.41, 5.74) is 0.364. The van der Waals surface area contributed by atoms with Gasteiger partial charge >= 0.3 is 0 Å². The second-order valence-electron chi connectivity index (χ2n) is 2.86. The molecule has 1 atom stereocenters. The third-order valence-electron chi connectivity index (χ3n) is 1.87. The van der Waals surface area contributed by atoms with E-state index >= 15 is 0 Å². The van der Waals surface area contributed by atoms with Gasteiger partial charge in [-0.2, -0.15) is 0 Å². The van der Waals surface area contributed by atoms with Crippen LogP contribution in [0.15, 0.2) is 18.2 Å². The second-order valence-corrected chi connectivity index (χ2v) is 2.86. The molecule has 76 valence electrons. The van der Waals surface area contributed by atoms with E-state index in [1.807, 2.05) is 0 Å². The quantitative estimate of drug-likeness (QED) is 0.590. The number of aliphatic hydroxyl groups is 1. The van der Waals surface area contributed by atoms with Gasteiger partial charge in [-0.25, -0.2) is 0 Å². The first kappa shape index (κ1) is 10.5. The number of hydrogen-bond acceptors (Lipinski definition) is 4. The minimum Gasteiger partial charge on any atom is -0.496 e. The van der Waals surface area contributed by atoms with Gasteiger partial charge in [0.05, 0.1) is 18.1 Å². The average molecular weight is 197 g/mol. The molecular weight excluding hydrogens is 186 g/mol. The maximum atomic E-state index is 10.5. The van der Waals surface area contributed by atoms with Crippen molar-refractivity contribution in [3.8, 4) is 5.75 Å². The number of aliphatic hydroxyl groups excluding tert-OH is 1. The fourth-order valence-corrected chi connectivity index (χ4v) is 1.16. The lowest BCUT2D eigenvalue weighted by molar-refractivity contribution is -0.385. The third-order valence-corrected chi connectivity index (χ3v) is 1.87. The van der Waals surface area contributed by atoms with Crippen LogP contribution in [0.5, 0.6) is 5.75 Å². The van der Waals surface area contributed by atoms with Crippen LogP contribution in [0.2, 0.25) is 0 Å². The molecule has 1 rings (SSSR count). The summed E-state index contributed by atoms with van der Waals surface area (Å²) in [4.78, 5) is 9.95. The molecule has 1 unspecified atom stereocenters. The molecule has 0 bridgehead atoms. The number of nitro benzene ring substituents is 1. The van der Waals surface area contributed by atoms with Gasteiger partial charge in [0.2, 0.25) is 0 Å². The van der Waals surface area contributed by atoms with E-state index in [1.54, 1.807) is 0 Å². The van der Waals surface area contributed by atoms with E-state index < -0.39 is 11.0 Å². The van der Waals surface area contributed by atoms with Gasteiger partial charge in [0.15, 0.2) is 0 Å². The molecular formula is C9H11NO4. The van der Waals surface area contributed by atoms with E-state index in [4.69, 9.17) is 4.74 Å². The van der Waals surface area contributed by atoms with Crippen molar-refractivity contribution in [2.75, 3.05) is 7.11 Å². The Bertz CT molecular complexity index is 349. The molecule has 0 heterocycles. The number of methoxy groups -OCH3 is 1. The van der Waals surface area contributed by atoms with Crippen LogP contribution >= 0.6 is 0 Å². The molecule has 1 aromatic rings. The largest absolute Gasteiger partial charge is 0.496 e. The molecule has 0 radical (unpaired) electrons. The predicted octanol–water partition coefficient (Wildman–Crippen LogP) is 1.66. The van der Waals surface area contributed by atoms with Gasteiger partial charge in [0.1, 0.15) is 5.75 Å². The number of nitrogens with zero attached hydrogens (tertiary/aromatic N) is 1. The lowest BCUT2D eigenvalue weighted by Gasteiger charge is -2.09. The molecule has 0 spiro atoms. The Hall–Kier alpha value is -1.62. The molecule has 0 amide bonds. The van der Waals surface area contributed by atoms with Crippen LogP contribution in [0.1, 0.15) is 18.6 Å². The summed E-state index contributed by atoms with van der Waals surface area (Å²) in [6.45, 7) is 1.53. The number of nitro groups is 1. The fraction of sp³-hybridized carbons (Fsp3) is 0.333. The van der Waals surface area contributed by atoms with Gasteiger partial charge < -0.3 is 9.84 Å². The Kier molecular flexibility index (Phi) is 3.03. The molecule has 5 heteroatoms. The first-order chi connectivity index (χ1) is 6.56. The predicted molar refractivity (Wildman–Crippen MR) is 50.3 cm³/mol. The van der Waals surface area contributed by atoms with Gasteiger partial charge in [0, 0.05) is 17.7 Å². The Labute approximate surface area is 81.1 Å². The lowest BCUT2D eigenvalue weighted by atomic mass is 10.1. The minimum atomic E-state index is -0.787. The van der Waals surface area contributed by atoms with Crippen molar-refractivity contribution >= 4 is 5.69 Å². The van der Waals surface area contributed by atoms with Gasteiger partial charge in [0.25, 0.3) is 5.69 Å². The summed E-state index contributed by atoms with van der Waals surface area (Å²) in [6.07, 6.45) is -0.787. The van der Waals surface area contributed by atoms with Crippen molar-refractivity contribution in [1.29, 1.82) is 0 Å². The molecule has 0 aliphatic rings. The highest BCUT2D eigenvalue weighted by Crippen LogP contribution is 2.28. The van der Waals surface area contributed by atoms with E-state index in [0.29, 0.717) is 11.3 Å². The molecule has 14 heavy (non-hydrogen) atoms. The lowest BCUT2D eigenvalue weighted by Crippen LogP contribution is -1.98. The highest BCUT2D eigenvalue weighted by atomic mass is 16.6. The van der Waals surface area contributed by atoms with Crippen LogP contribution in [-0.4, -0.2) is 17.1 Å². The average Bonchev–Trinajstić information content (AvgIpc) is 2.16. The van der Waals surface area contributed by atoms with Gasteiger partial charge in [-0.15, -0.1) is 0 Å². The Morgan fingerprint density at radius 1 is 1.57 bits per heavy atom. The first-order valence-electron chi connectivity index (χ1n) is 4.06. The van der Waals surface area contributed by atoms with Crippen molar-refractivity contribution in [2.45, 2.75) is 13.0 Å². The summed E-state index contributed by atoms with van der Waals surface area (Å²) in [6, 6.07) is 4.12. The van der Waals surface area contributed by atoms with Crippen molar-refractivity contribution < 1.29 is 14.8 Å². The molecule has 5 nitrogen and oxygen atoms in total. The van der Waals surface area contributed by atoms with Crippen molar-refractivity contribution in [1.82, 2.24) is 0 Å². The number of rotatable bonds is 3. The van der Waals surface area contributed by atoms with E-state index in [9.17, 15) is 15.2 Å². The van der Waals surface area contributed by atoms with Crippen molar-refractivity contribution in [2.24, 2.45) is 0 Å². The van der Waals surface area contributed by atoms with Crippen LogP contribution in [-0.2, 0) is 0 Å². The highest BCUT2D eigenvalue weighted by Gasteiger charge is 2.14. The van der Waals surface area contributed by atoms with Gasteiger partial charge in [-0.05, 0) is 13.0 Å². The maximum Gasteiger partial charge on any atom is 0.270 e. The van der Waals surface area contributed by atoms with Crippen molar-refractivity contribution in [3.05, 3.63) is 33.9 Å². The van der Waals surface area contributed by atoms with Crippen molar-refractivity contribution in [3.63, 3.8) is 0 Å². The minimum absolute atomic E-state index is 0.0540. The monoisotopic (exact) mass is 197 g/mol. The molecule has 0 saturated carbocycles. The van der Waals surface area contributed by atoms with E-state index in [2.05, 4.69) is 0 Å². The van der Waals surface area contributed by atoms with Crippen LogP contribution < -0.4 is 4.74 Å². The number of hydrogen-bond donors (Lipinski definition) is 1. The summed E-state index contributed by atoms with van der Waals surface area (Å²) in [5.74, 6) is 0.450. The van der Waals surface area contributed by atoms with Crippen LogP contribution in [0.3, 0.4) is 0 Å². The van der Waals surface area contributed by atoms with Crippen LogP contribution in [0.4, 0.5) is 5.69 Å². The Balaban J connectivity index is 3.20. The first-order valence-corrected chi connectivity index (χ1v) is 4.06. The zero-order valence-electron chi connectivity index (χ0n) is 7.93. The van der Waals surface area contributed by atoms with E-state index in [1.165, 1.54) is 32.2 Å². The standard InChI is InChI=1S/C9H11NO4/c1-6(11)8-5-7(10(12)13)3-4-9(8)14-2/h3-6,11H,1-2H3. The number of non-ortho nitro benzene ring substituents is 1. The van der Waals surface area contributed by atoms with E-state index in [0.717, 1.165) is 0 Å². The summed E-state index contributed by atoms with van der Waals surface area (Å²) in [7, 11) is 1.45. The molecule has 1 aromatic carbocycles. The topological polar surface area (TPSA) is 72.6 Å². The smallest absolute Gasteiger partial charge is 0.270 e. The maximum absolute atomic E-state index is 10.5. The Morgan fingerprint density at radius 3 is 2.64 bits per heavy atom. The molecule has 0 aliphatic heterocycles. The normalized spacial score (nSPS) is 12.2. The number of benzene rings is 1. The fourth-order valence-electron chi connectivity index (χ4n) is 1.16. The molecule has 0 saturated heterocycles. The summed E-state index contributed by atoms with van der Waals surface area (Å²) in [5, 5.41) is 19.8. The van der Waals surface area contributed by atoms with Crippen LogP contribution in [0, 0.1) is 10.1 Å². The SMILES string of the molecule is COc1ccc([N+](=O)[O-])cc1C(C)O.